The Morgan fingerprint density at radius 1 is 1.14 bits per heavy atom. The van der Waals surface area contributed by atoms with E-state index in [1.165, 1.54) is 6.42 Å². The van der Waals surface area contributed by atoms with Crippen molar-refractivity contribution in [1.82, 2.24) is 4.90 Å². The van der Waals surface area contributed by atoms with E-state index in [4.69, 9.17) is 5.11 Å². The largest absolute Gasteiger partial charge is 0.396 e. The summed E-state index contributed by atoms with van der Waals surface area (Å²) in [7, 11) is 0. The first-order valence-electron chi connectivity index (χ1n) is 7.70. The van der Waals surface area contributed by atoms with E-state index in [1.54, 1.807) is 0 Å². The van der Waals surface area contributed by atoms with Crippen LogP contribution in [0.5, 0.6) is 0 Å². The molecule has 1 saturated carbocycles. The lowest BCUT2D eigenvalue weighted by molar-refractivity contribution is 0.0562. The Kier molecular flexibility index (Phi) is 4.20. The zero-order valence-electron chi connectivity index (χ0n) is 12.2. The fraction of sp³-hybridized carbons (Fsp3) is 0.389. The standard InChI is InChI=1S/C18H21NO2/c20-12-4-11-19(17-7-3-8-17)18(21)16-10-9-14-5-1-2-6-15(14)13-16/h1-2,5-6,9-10,13,17,20H,3-4,7-8,11-12H2. The average molecular weight is 283 g/mol. The van der Waals surface area contributed by atoms with E-state index >= 15 is 0 Å². The van der Waals surface area contributed by atoms with Crippen LogP contribution in [0.1, 0.15) is 36.0 Å². The fourth-order valence-electron chi connectivity index (χ4n) is 2.88. The number of amides is 1. The highest BCUT2D eigenvalue weighted by Gasteiger charge is 2.28. The minimum absolute atomic E-state index is 0.0962. The van der Waals surface area contributed by atoms with Gasteiger partial charge in [0.05, 0.1) is 0 Å². The second kappa shape index (κ2) is 6.27. The molecule has 0 atom stereocenters. The highest BCUT2D eigenvalue weighted by molar-refractivity contribution is 5.98. The molecule has 0 heterocycles. The summed E-state index contributed by atoms with van der Waals surface area (Å²) < 4.78 is 0. The highest BCUT2D eigenvalue weighted by atomic mass is 16.3. The summed E-state index contributed by atoms with van der Waals surface area (Å²) in [6.07, 6.45) is 4.02. The van der Waals surface area contributed by atoms with Gasteiger partial charge < -0.3 is 10.0 Å². The third-order valence-electron chi connectivity index (χ3n) is 4.33. The maximum Gasteiger partial charge on any atom is 0.254 e. The average Bonchev–Trinajstić information content (AvgIpc) is 2.48. The molecule has 0 aromatic heterocycles. The van der Waals surface area contributed by atoms with Crippen molar-refractivity contribution in [2.45, 2.75) is 31.7 Å². The van der Waals surface area contributed by atoms with Crippen molar-refractivity contribution in [2.75, 3.05) is 13.2 Å². The van der Waals surface area contributed by atoms with Crippen molar-refractivity contribution in [3.8, 4) is 0 Å². The van der Waals surface area contributed by atoms with E-state index in [0.717, 1.165) is 29.2 Å². The molecule has 0 bridgehead atoms. The monoisotopic (exact) mass is 283 g/mol. The van der Waals surface area contributed by atoms with E-state index in [9.17, 15) is 4.79 Å². The molecular formula is C18H21NO2. The van der Waals surface area contributed by atoms with Crippen LogP contribution < -0.4 is 0 Å². The molecule has 3 heteroatoms. The molecule has 0 unspecified atom stereocenters. The first-order chi connectivity index (χ1) is 10.3. The molecule has 1 aliphatic rings. The molecule has 0 radical (unpaired) electrons. The topological polar surface area (TPSA) is 40.5 Å². The van der Waals surface area contributed by atoms with Crippen LogP contribution in [0.2, 0.25) is 0 Å². The van der Waals surface area contributed by atoms with Crippen molar-refractivity contribution in [2.24, 2.45) is 0 Å². The van der Waals surface area contributed by atoms with Crippen LogP contribution in [0, 0.1) is 0 Å². The zero-order valence-corrected chi connectivity index (χ0v) is 12.2. The predicted molar refractivity (Wildman–Crippen MR) is 84.3 cm³/mol. The van der Waals surface area contributed by atoms with E-state index in [0.29, 0.717) is 19.0 Å². The molecular weight excluding hydrogens is 262 g/mol. The summed E-state index contributed by atoms with van der Waals surface area (Å²) in [5.41, 5.74) is 0.749. The van der Waals surface area contributed by atoms with Gasteiger partial charge >= 0.3 is 0 Å². The SMILES string of the molecule is O=C(c1ccc2ccccc2c1)N(CCCO)C1CCC1. The summed E-state index contributed by atoms with van der Waals surface area (Å²) in [5, 5.41) is 11.3. The first-order valence-corrected chi connectivity index (χ1v) is 7.70. The lowest BCUT2D eigenvalue weighted by atomic mass is 9.90. The Balaban J connectivity index is 1.85. The van der Waals surface area contributed by atoms with Crippen LogP contribution in [-0.2, 0) is 0 Å². The Morgan fingerprint density at radius 3 is 2.57 bits per heavy atom. The van der Waals surface area contributed by atoms with Crippen molar-refractivity contribution in [3.63, 3.8) is 0 Å². The van der Waals surface area contributed by atoms with Crippen molar-refractivity contribution in [1.29, 1.82) is 0 Å². The molecule has 2 aromatic rings. The number of hydrogen-bond donors (Lipinski definition) is 1. The molecule has 0 spiro atoms. The Labute approximate surface area is 125 Å². The van der Waals surface area contributed by atoms with Gasteiger partial charge in [-0.1, -0.05) is 30.3 Å². The maximum atomic E-state index is 12.8. The quantitative estimate of drug-likeness (QED) is 0.915. The number of aliphatic hydroxyl groups is 1. The third kappa shape index (κ3) is 2.93. The van der Waals surface area contributed by atoms with Gasteiger partial charge in [-0.15, -0.1) is 0 Å². The van der Waals surface area contributed by atoms with Crippen LogP contribution in [-0.4, -0.2) is 35.1 Å². The predicted octanol–water partition coefficient (Wildman–Crippen LogP) is 3.22. The number of benzene rings is 2. The molecule has 1 N–H and O–H groups in total. The molecule has 3 nitrogen and oxygen atoms in total. The minimum atomic E-state index is 0.0962. The van der Waals surface area contributed by atoms with Gasteiger partial charge in [-0.3, -0.25) is 4.79 Å². The van der Waals surface area contributed by atoms with Gasteiger partial charge in [0.25, 0.3) is 5.91 Å². The van der Waals surface area contributed by atoms with Gasteiger partial charge in [0.15, 0.2) is 0 Å². The summed E-state index contributed by atoms with van der Waals surface area (Å²) in [4.78, 5) is 14.7. The lowest BCUT2D eigenvalue weighted by Gasteiger charge is -2.37. The van der Waals surface area contributed by atoms with Gasteiger partial charge in [0.1, 0.15) is 0 Å². The molecule has 110 valence electrons. The summed E-state index contributed by atoms with van der Waals surface area (Å²) in [5.74, 6) is 0.0962. The number of fused-ring (bicyclic) bond motifs is 1. The van der Waals surface area contributed by atoms with Crippen LogP contribution >= 0.6 is 0 Å². The molecule has 1 aliphatic carbocycles. The lowest BCUT2D eigenvalue weighted by Crippen LogP contribution is -2.44. The molecule has 0 saturated heterocycles. The summed E-state index contributed by atoms with van der Waals surface area (Å²) >= 11 is 0. The van der Waals surface area contributed by atoms with Crippen LogP contribution in [0.15, 0.2) is 42.5 Å². The Morgan fingerprint density at radius 2 is 1.90 bits per heavy atom. The van der Waals surface area contributed by atoms with Gasteiger partial charge in [-0.25, -0.2) is 0 Å². The molecule has 1 fully saturated rings. The molecule has 2 aromatic carbocycles. The normalized spacial score (nSPS) is 14.9. The number of carbonyl (C=O) groups excluding carboxylic acids is 1. The molecule has 1 amide bonds. The molecule has 3 rings (SSSR count). The van der Waals surface area contributed by atoms with Gasteiger partial charge in [0.2, 0.25) is 0 Å². The number of aliphatic hydroxyl groups excluding tert-OH is 1. The summed E-state index contributed by atoms with van der Waals surface area (Å²) in [6.45, 7) is 0.779. The Bertz CT molecular complexity index is 634. The highest BCUT2D eigenvalue weighted by Crippen LogP contribution is 2.27. The number of rotatable bonds is 5. The Hall–Kier alpha value is -1.87. The van der Waals surface area contributed by atoms with Crippen LogP contribution in [0.25, 0.3) is 10.8 Å². The molecule has 0 aliphatic heterocycles. The minimum Gasteiger partial charge on any atom is -0.396 e. The smallest absolute Gasteiger partial charge is 0.254 e. The number of nitrogens with zero attached hydrogens (tertiary/aromatic N) is 1. The van der Waals surface area contributed by atoms with Crippen LogP contribution in [0.4, 0.5) is 0 Å². The van der Waals surface area contributed by atoms with E-state index in [1.807, 2.05) is 41.3 Å². The number of hydrogen-bond acceptors (Lipinski definition) is 2. The second-order valence-electron chi connectivity index (χ2n) is 5.72. The zero-order chi connectivity index (χ0) is 14.7. The van der Waals surface area contributed by atoms with Crippen LogP contribution in [0.3, 0.4) is 0 Å². The van der Waals surface area contributed by atoms with Gasteiger partial charge in [0, 0.05) is 24.8 Å². The van der Waals surface area contributed by atoms with Gasteiger partial charge in [-0.2, -0.15) is 0 Å². The fourth-order valence-corrected chi connectivity index (χ4v) is 2.88. The van der Waals surface area contributed by atoms with E-state index < -0.39 is 0 Å². The first kappa shape index (κ1) is 14.1. The molecule has 21 heavy (non-hydrogen) atoms. The van der Waals surface area contributed by atoms with Gasteiger partial charge in [-0.05, 0) is 48.6 Å². The van der Waals surface area contributed by atoms with Crippen molar-refractivity contribution in [3.05, 3.63) is 48.0 Å². The second-order valence-corrected chi connectivity index (χ2v) is 5.72. The van der Waals surface area contributed by atoms with Crippen molar-refractivity contribution < 1.29 is 9.90 Å². The van der Waals surface area contributed by atoms with E-state index in [2.05, 4.69) is 6.07 Å². The number of carbonyl (C=O) groups is 1. The third-order valence-corrected chi connectivity index (χ3v) is 4.33. The maximum absolute atomic E-state index is 12.8. The van der Waals surface area contributed by atoms with E-state index in [-0.39, 0.29) is 12.5 Å². The van der Waals surface area contributed by atoms with Crippen molar-refractivity contribution >= 4 is 16.7 Å². The summed E-state index contributed by atoms with van der Waals surface area (Å²) in [6, 6.07) is 14.3.